The van der Waals surface area contributed by atoms with Crippen molar-refractivity contribution in [3.8, 4) is 46.0 Å². The van der Waals surface area contributed by atoms with Gasteiger partial charge in [-0.1, -0.05) is 60.7 Å². The first-order valence-electron chi connectivity index (χ1n) is 31.9. The lowest BCUT2D eigenvalue weighted by Crippen LogP contribution is -2.19. The zero-order valence-corrected chi connectivity index (χ0v) is 62.3. The number of rotatable bonds is 19. The molecule has 0 unspecified atom stereocenters. The Morgan fingerprint density at radius 3 is 1.06 bits per heavy atom. The monoisotopic (exact) mass is 1730 g/mol. The zero-order chi connectivity index (χ0) is 85.5. The van der Waals surface area contributed by atoms with E-state index < -0.39 is 113 Å². The number of nitrogens with zero attached hydrogens (tertiary/aromatic N) is 2. The van der Waals surface area contributed by atoms with Gasteiger partial charge in [-0.05, 0) is 181 Å². The maximum absolute atomic E-state index is 12.7. The Morgan fingerprint density at radius 1 is 0.422 bits per heavy atom. The summed E-state index contributed by atoms with van der Waals surface area (Å²) in [6.07, 6.45) is -14.8. The Bertz CT molecular complexity index is 5660. The van der Waals surface area contributed by atoms with Gasteiger partial charge in [-0.3, -0.25) is 19.2 Å². The van der Waals surface area contributed by atoms with Crippen molar-refractivity contribution < 1.29 is 147 Å². The van der Waals surface area contributed by atoms with Crippen LogP contribution in [0.4, 0.5) is 52.7 Å². The fraction of sp³-hybridized carbons (Fsp3) is 0.108. The second kappa shape index (κ2) is 39.3. The Morgan fingerprint density at radius 2 is 0.733 bits per heavy atom. The molecule has 0 aromatic heterocycles. The average Bonchev–Trinajstić information content (AvgIpc) is 1.42. The summed E-state index contributed by atoms with van der Waals surface area (Å²) in [5.41, 5.74) is 0.773. The number of hydrogen-bond acceptors (Lipinski definition) is 23. The quantitative estimate of drug-likeness (QED) is 0.0111. The molecule has 0 radical (unpaired) electrons. The number of aldehydes is 2. The number of halogens is 13. The Hall–Kier alpha value is -12.7. The second-order valence-corrected chi connectivity index (χ2v) is 29.9. The van der Waals surface area contributed by atoms with Gasteiger partial charge in [0.2, 0.25) is 19.5 Å². The molecule has 0 bridgehead atoms. The van der Waals surface area contributed by atoms with E-state index in [1.54, 1.807) is 66.7 Å². The number of phenols is 1. The standard InChI is InChI=1S/C23H17F3N2O6S.C14H11F3N2O3S.C14H9F3O4S.C9H8O4.C7H4ClF3O2S.C7H6O2/c24-23(25,26)17-6-8-18(9-7-17)35(30,31)34-19-4-2-1-3-16(19)13-27-28-22(29)12-15-5-10-20-21(11-15)33-14-32-20;15-14(16,17)11-5-7-12(8-6-11)23(20,21)22-13-4-2-1-3-10(13)9-19-18;15-14(16,17)11-5-7-12(8-6-11)22(19,20)21-13-4-2-1-3-10(13)9-18;10-9(11)4-6-1-2-7-8(3-6)13-5-12-7;8-14(12,13)6-3-1-5(2-4-6)7(9,10)11;8-5-6-3-1-2-4-7(6)9/h1-11,13H,12,14H2,(H,28,29);1-9H,18H2;1-9H;1-3H,4-5H2,(H,10,11);1-4H;1-5,9H/b27-13+;19-9+;;;;. The Balaban J connectivity index is 0.000000203. The van der Waals surface area contributed by atoms with Crippen LogP contribution in [0.1, 0.15) is 65.2 Å². The number of hydrazone groups is 2. The van der Waals surface area contributed by atoms with Crippen LogP contribution in [-0.2, 0) is 86.5 Å². The summed E-state index contributed by atoms with van der Waals surface area (Å²) < 4.78 is 279. The summed E-state index contributed by atoms with van der Waals surface area (Å²) in [5, 5.41) is 24.5. The molecule has 0 saturated carbocycles. The van der Waals surface area contributed by atoms with Crippen LogP contribution in [0.15, 0.2) is 260 Å². The van der Waals surface area contributed by atoms with Crippen LogP contribution in [0.5, 0.6) is 46.0 Å². The summed E-state index contributed by atoms with van der Waals surface area (Å²) in [6.45, 7) is 0.331. The molecule has 0 atom stereocenters. The summed E-state index contributed by atoms with van der Waals surface area (Å²) in [6, 6.07) is 45.9. The number of carboxylic acid groups (broad SMARTS) is 1. The second-order valence-electron chi connectivity index (χ2n) is 22.7. The number of fused-ring (bicyclic) bond motifs is 2. The summed E-state index contributed by atoms with van der Waals surface area (Å²) >= 11 is 0. The van der Waals surface area contributed by atoms with Crippen LogP contribution in [0, 0.1) is 0 Å². The smallest absolute Gasteiger partial charge is 0.416 e. The molecule has 0 spiro atoms. The SMILES string of the molecule is N/N=C/c1ccccc1OS(=O)(=O)c1ccc(C(F)(F)F)cc1.O=C(Cc1ccc2c(c1)OCO2)N/N=C/c1ccccc1OS(=O)(=O)c1ccc(C(F)(F)F)cc1.O=C(O)Cc1ccc2c(c1)OCO2.O=Cc1ccccc1O.O=Cc1ccccc1OS(=O)(=O)c1ccc(C(F)(F)F)cc1.O=S(=O)(Cl)c1ccc(C(F)(F)F)cc1. The first-order chi connectivity index (χ1) is 54.4. The molecule has 12 rings (SSSR count). The van der Waals surface area contributed by atoms with Gasteiger partial charge in [0.1, 0.15) is 20.4 Å². The number of carbonyl (C=O) groups excluding carboxylic acids is 3. The number of aliphatic carboxylic acids is 1. The van der Waals surface area contributed by atoms with E-state index in [1.165, 1.54) is 79.2 Å². The molecule has 2 aliphatic heterocycles. The zero-order valence-electron chi connectivity index (χ0n) is 58.2. The number of nitrogens with one attached hydrogen (secondary N) is 1. The fourth-order valence-electron chi connectivity index (χ4n) is 9.06. The minimum Gasteiger partial charge on any atom is -0.507 e. The van der Waals surface area contributed by atoms with Gasteiger partial charge >= 0.3 is 61.0 Å². The van der Waals surface area contributed by atoms with Crippen molar-refractivity contribution in [3.63, 3.8) is 0 Å². The van der Waals surface area contributed by atoms with E-state index in [0.717, 1.165) is 54.1 Å². The third-order valence-electron chi connectivity index (χ3n) is 14.6. The van der Waals surface area contributed by atoms with E-state index >= 15 is 0 Å². The van der Waals surface area contributed by atoms with Crippen molar-refractivity contribution >= 4 is 87.0 Å². The van der Waals surface area contributed by atoms with E-state index in [2.05, 4.69) is 15.6 Å². The van der Waals surface area contributed by atoms with Crippen molar-refractivity contribution in [2.45, 2.75) is 57.1 Å². The highest BCUT2D eigenvalue weighted by atomic mass is 35.7. The number of benzene rings is 10. The largest absolute Gasteiger partial charge is 0.507 e. The number of para-hydroxylation sites is 4. The summed E-state index contributed by atoms with van der Waals surface area (Å²) in [7, 11) is -12.1. The molecular formula is C74H55ClF12N4O21S4. The van der Waals surface area contributed by atoms with Crippen molar-refractivity contribution in [3.05, 3.63) is 286 Å². The number of amides is 1. The van der Waals surface area contributed by atoms with Gasteiger partial charge < -0.3 is 47.6 Å². The molecule has 0 fully saturated rings. The maximum atomic E-state index is 12.7. The van der Waals surface area contributed by atoms with Crippen molar-refractivity contribution in [2.24, 2.45) is 16.0 Å². The molecular weight excluding hydrogens is 1670 g/mol. The van der Waals surface area contributed by atoms with Crippen molar-refractivity contribution in [1.82, 2.24) is 5.43 Å². The van der Waals surface area contributed by atoms with Crippen LogP contribution in [-0.4, -0.2) is 94.3 Å². The van der Waals surface area contributed by atoms with E-state index in [0.29, 0.717) is 101 Å². The molecule has 10 aromatic carbocycles. The molecule has 1 amide bonds. The third kappa shape index (κ3) is 27.3. The number of phenolic OH excluding ortho intramolecular Hbond substituents is 1. The van der Waals surface area contributed by atoms with E-state index in [9.17, 15) is 106 Å². The van der Waals surface area contributed by atoms with Crippen molar-refractivity contribution in [1.29, 1.82) is 0 Å². The normalized spacial score (nSPS) is 12.4. The summed E-state index contributed by atoms with van der Waals surface area (Å²) in [4.78, 5) is 41.8. The highest BCUT2D eigenvalue weighted by molar-refractivity contribution is 8.13. The number of ether oxygens (including phenoxy) is 4. The lowest BCUT2D eigenvalue weighted by Gasteiger charge is -2.11. The number of alkyl halides is 12. The number of hydrogen-bond donors (Lipinski definition) is 4. The van der Waals surface area contributed by atoms with Crippen LogP contribution in [0.3, 0.4) is 0 Å². The predicted octanol–water partition coefficient (Wildman–Crippen LogP) is 14.8. The maximum Gasteiger partial charge on any atom is 0.416 e. The fourth-order valence-corrected chi connectivity index (χ4v) is 12.7. The number of carboxylic acids is 1. The highest BCUT2D eigenvalue weighted by Crippen LogP contribution is 2.37. The Labute approximate surface area is 655 Å². The van der Waals surface area contributed by atoms with Gasteiger partial charge in [-0.2, -0.15) is 88.1 Å². The lowest BCUT2D eigenvalue weighted by molar-refractivity contribution is -0.138. The summed E-state index contributed by atoms with van der Waals surface area (Å²) in [5.74, 6) is 5.84. The molecule has 0 saturated heterocycles. The van der Waals surface area contributed by atoms with Crippen LogP contribution < -0.4 is 42.8 Å². The molecule has 25 nitrogen and oxygen atoms in total. The lowest BCUT2D eigenvalue weighted by atomic mass is 10.1. The van der Waals surface area contributed by atoms with Gasteiger partial charge in [-0.25, -0.2) is 13.8 Å². The molecule has 5 N–H and O–H groups in total. The first kappa shape index (κ1) is 90.5. The minimum absolute atomic E-state index is 0.00836. The van der Waals surface area contributed by atoms with E-state index in [-0.39, 0.29) is 65.4 Å². The topological polar surface area (TPSA) is 373 Å². The number of nitrogens with two attached hydrogens (primary N) is 1. The molecule has 0 aliphatic carbocycles. The van der Waals surface area contributed by atoms with E-state index in [4.69, 9.17) is 58.2 Å². The van der Waals surface area contributed by atoms with Gasteiger partial charge in [0.05, 0.1) is 63.5 Å². The van der Waals surface area contributed by atoms with Gasteiger partial charge in [0.25, 0.3) is 9.05 Å². The van der Waals surface area contributed by atoms with Crippen LogP contribution in [0.2, 0.25) is 0 Å². The molecule has 10 aromatic rings. The molecule has 612 valence electrons. The first-order valence-corrected chi connectivity index (χ1v) is 38.4. The molecule has 2 aliphatic rings. The van der Waals surface area contributed by atoms with Gasteiger partial charge in [0.15, 0.2) is 52.8 Å². The highest BCUT2D eigenvalue weighted by Gasteiger charge is 2.35. The van der Waals surface area contributed by atoms with Gasteiger partial charge in [0, 0.05) is 21.8 Å². The number of carbonyl (C=O) groups is 4. The van der Waals surface area contributed by atoms with Crippen LogP contribution in [0.25, 0.3) is 0 Å². The predicted molar refractivity (Wildman–Crippen MR) is 388 cm³/mol. The number of aromatic hydroxyl groups is 1. The molecule has 116 heavy (non-hydrogen) atoms. The average molecular weight is 1730 g/mol. The van der Waals surface area contributed by atoms with Crippen LogP contribution >= 0.6 is 10.7 Å². The third-order valence-corrected chi connectivity index (χ3v) is 19.7. The van der Waals surface area contributed by atoms with Gasteiger partial charge in [-0.15, -0.1) is 0 Å². The Kier molecular flexibility index (Phi) is 30.7. The molecule has 2 heterocycles. The minimum atomic E-state index is -4.60. The van der Waals surface area contributed by atoms with Crippen molar-refractivity contribution in [2.75, 3.05) is 13.6 Å². The van der Waals surface area contributed by atoms with E-state index in [1.807, 2.05) is 0 Å². The molecule has 42 heteroatoms.